The Morgan fingerprint density at radius 2 is 2.32 bits per heavy atom. The molecule has 0 saturated heterocycles. The van der Waals surface area contributed by atoms with E-state index in [1.54, 1.807) is 13.1 Å². The summed E-state index contributed by atoms with van der Waals surface area (Å²) in [6.07, 6.45) is 3.42. The van der Waals surface area contributed by atoms with E-state index in [0.717, 1.165) is 11.3 Å². The van der Waals surface area contributed by atoms with Crippen LogP contribution in [-0.4, -0.2) is 49.8 Å². The molecule has 19 heavy (non-hydrogen) atoms. The molecule has 7 heteroatoms. The fraction of sp³-hybridized carbons (Fsp3) is 0.500. The number of nitrogens with zero attached hydrogens (tertiary/aromatic N) is 1. The zero-order valence-corrected chi connectivity index (χ0v) is 11.0. The van der Waals surface area contributed by atoms with Crippen LogP contribution in [0, 0.1) is 0 Å². The molecule has 2 rings (SSSR count). The zero-order valence-electron chi connectivity index (χ0n) is 11.0. The van der Waals surface area contributed by atoms with Gasteiger partial charge in [-0.3, -0.25) is 9.69 Å². The van der Waals surface area contributed by atoms with Gasteiger partial charge in [0.1, 0.15) is 12.7 Å². The molecule has 3 N–H and O–H groups in total. The maximum Gasteiger partial charge on any atom is 0.326 e. The van der Waals surface area contributed by atoms with Gasteiger partial charge in [-0.15, -0.1) is 0 Å². The Bertz CT molecular complexity index is 444. The molecular weight excluding hydrogens is 248 g/mol. The average Bonchev–Trinajstić information content (AvgIpc) is 2.72. The van der Waals surface area contributed by atoms with Crippen molar-refractivity contribution >= 4 is 12.0 Å². The molecule has 0 fully saturated rings. The fourth-order valence-electron chi connectivity index (χ4n) is 2.03. The highest BCUT2D eigenvalue weighted by Crippen LogP contribution is 2.18. The first kappa shape index (κ1) is 13.4. The molecular formula is C12H18N4O3. The second-order valence-corrected chi connectivity index (χ2v) is 4.29. The number of nitrogens with one attached hydrogen (secondary N) is 3. The molecule has 2 aliphatic rings. The van der Waals surface area contributed by atoms with Gasteiger partial charge in [0.25, 0.3) is 0 Å². The van der Waals surface area contributed by atoms with Gasteiger partial charge in [0.2, 0.25) is 0 Å². The minimum atomic E-state index is -0.418. The molecule has 0 aliphatic carbocycles. The third kappa shape index (κ3) is 3.05. The maximum absolute atomic E-state index is 11.8. The van der Waals surface area contributed by atoms with Gasteiger partial charge in [-0.25, -0.2) is 4.79 Å². The highest BCUT2D eigenvalue weighted by atomic mass is 16.5. The summed E-state index contributed by atoms with van der Waals surface area (Å²) in [5.74, 6) is -0.418. The van der Waals surface area contributed by atoms with Gasteiger partial charge in [-0.1, -0.05) is 0 Å². The predicted molar refractivity (Wildman–Crippen MR) is 68.9 cm³/mol. The summed E-state index contributed by atoms with van der Waals surface area (Å²) in [7, 11) is 1.85. The van der Waals surface area contributed by atoms with E-state index in [1.165, 1.54) is 4.90 Å². The first-order valence-corrected chi connectivity index (χ1v) is 6.20. The summed E-state index contributed by atoms with van der Waals surface area (Å²) < 4.78 is 4.83. The summed E-state index contributed by atoms with van der Waals surface area (Å²) in [4.78, 5) is 24.6. The van der Waals surface area contributed by atoms with Crippen LogP contribution in [0.2, 0.25) is 0 Å². The maximum atomic E-state index is 11.8. The quantitative estimate of drug-likeness (QED) is 0.584. The number of carbonyl (C=O) groups is 2. The van der Waals surface area contributed by atoms with Crippen LogP contribution in [-0.2, 0) is 9.53 Å². The number of carbonyl (C=O) groups excluding carboxylic acids is 2. The highest BCUT2D eigenvalue weighted by molar-refractivity contribution is 5.83. The van der Waals surface area contributed by atoms with Crippen LogP contribution in [0.3, 0.4) is 0 Å². The molecule has 1 atom stereocenters. The fourth-order valence-corrected chi connectivity index (χ4v) is 2.03. The number of hydrogen-bond donors (Lipinski definition) is 3. The molecule has 104 valence electrons. The second-order valence-electron chi connectivity index (χ2n) is 4.29. The lowest BCUT2D eigenvalue weighted by Crippen LogP contribution is -2.52. The molecule has 2 amide bonds. The van der Waals surface area contributed by atoms with E-state index in [-0.39, 0.29) is 18.7 Å². The summed E-state index contributed by atoms with van der Waals surface area (Å²) in [6.45, 7) is 2.66. The molecule has 0 aromatic rings. The number of urea groups is 1. The summed E-state index contributed by atoms with van der Waals surface area (Å²) in [6, 6.07) is -0.312. The van der Waals surface area contributed by atoms with Crippen molar-refractivity contribution in [1.29, 1.82) is 0 Å². The molecule has 0 saturated carbocycles. The lowest BCUT2D eigenvalue weighted by atomic mass is 10.2. The Kier molecular flexibility index (Phi) is 4.06. The van der Waals surface area contributed by atoms with E-state index >= 15 is 0 Å². The number of esters is 1. The van der Waals surface area contributed by atoms with Crippen molar-refractivity contribution in [2.45, 2.75) is 13.1 Å². The second kappa shape index (κ2) is 5.75. The third-order valence-corrected chi connectivity index (χ3v) is 2.81. The minimum Gasteiger partial charge on any atom is -0.465 e. The number of ether oxygens (including phenoxy) is 1. The molecule has 0 aromatic carbocycles. The van der Waals surface area contributed by atoms with E-state index in [2.05, 4.69) is 16.0 Å². The van der Waals surface area contributed by atoms with Crippen LogP contribution in [0.1, 0.15) is 6.92 Å². The van der Waals surface area contributed by atoms with Gasteiger partial charge >= 0.3 is 12.0 Å². The van der Waals surface area contributed by atoms with Gasteiger partial charge in [-0.2, -0.15) is 0 Å². The largest absolute Gasteiger partial charge is 0.465 e. The average molecular weight is 266 g/mol. The monoisotopic (exact) mass is 266 g/mol. The normalized spacial score (nSPS) is 21.1. The van der Waals surface area contributed by atoms with E-state index in [1.807, 2.05) is 13.1 Å². The van der Waals surface area contributed by atoms with E-state index in [0.29, 0.717) is 13.2 Å². The van der Waals surface area contributed by atoms with Crippen molar-refractivity contribution in [2.24, 2.45) is 0 Å². The first-order valence-electron chi connectivity index (χ1n) is 6.20. The molecule has 0 spiro atoms. The topological polar surface area (TPSA) is 82.7 Å². The Morgan fingerprint density at radius 1 is 1.53 bits per heavy atom. The summed E-state index contributed by atoms with van der Waals surface area (Å²) in [5, 5.41) is 9.00. The van der Waals surface area contributed by atoms with Gasteiger partial charge in [0.15, 0.2) is 0 Å². The van der Waals surface area contributed by atoms with Crippen molar-refractivity contribution in [3.05, 3.63) is 23.5 Å². The molecule has 7 nitrogen and oxygen atoms in total. The molecule has 1 unspecified atom stereocenters. The van der Waals surface area contributed by atoms with E-state index in [4.69, 9.17) is 4.74 Å². The van der Waals surface area contributed by atoms with Gasteiger partial charge < -0.3 is 20.7 Å². The SMILES string of the molecule is CCOC(=O)CN1C=C2C=C(CNC)NC2NC1=O. The van der Waals surface area contributed by atoms with Crippen LogP contribution >= 0.6 is 0 Å². The Hall–Kier alpha value is -2.02. The smallest absolute Gasteiger partial charge is 0.326 e. The Labute approximate surface area is 111 Å². The summed E-state index contributed by atoms with van der Waals surface area (Å²) >= 11 is 0. The van der Waals surface area contributed by atoms with Crippen LogP contribution in [0.5, 0.6) is 0 Å². The minimum absolute atomic E-state index is 0.0783. The van der Waals surface area contributed by atoms with E-state index < -0.39 is 5.97 Å². The van der Waals surface area contributed by atoms with Crippen LogP contribution < -0.4 is 16.0 Å². The van der Waals surface area contributed by atoms with Gasteiger partial charge in [-0.05, 0) is 20.0 Å². The summed E-state index contributed by atoms with van der Waals surface area (Å²) in [5.41, 5.74) is 1.92. The van der Waals surface area contributed by atoms with E-state index in [9.17, 15) is 9.59 Å². The number of hydrogen-bond acceptors (Lipinski definition) is 5. The third-order valence-electron chi connectivity index (χ3n) is 2.81. The first-order chi connectivity index (χ1) is 9.13. The van der Waals surface area contributed by atoms with Crippen LogP contribution in [0.25, 0.3) is 0 Å². The number of rotatable bonds is 5. The van der Waals surface area contributed by atoms with Crippen molar-refractivity contribution in [3.63, 3.8) is 0 Å². The molecule has 0 bridgehead atoms. The van der Waals surface area contributed by atoms with Crippen LogP contribution in [0.15, 0.2) is 23.5 Å². The van der Waals surface area contributed by atoms with Crippen molar-refractivity contribution < 1.29 is 14.3 Å². The Balaban J connectivity index is 2.05. The molecule has 0 radical (unpaired) electrons. The number of fused-ring (bicyclic) bond motifs is 1. The standard InChI is InChI=1S/C12H18N4O3/c1-3-19-10(17)7-16-6-8-4-9(5-13-2)14-11(8)15-12(16)18/h4,6,11,13-14H,3,5,7H2,1-2H3,(H,15,18). The van der Waals surface area contributed by atoms with Crippen molar-refractivity contribution in [1.82, 2.24) is 20.9 Å². The zero-order chi connectivity index (χ0) is 13.8. The predicted octanol–water partition coefficient (Wildman–Crippen LogP) is -0.509. The van der Waals surface area contributed by atoms with Crippen molar-refractivity contribution in [3.8, 4) is 0 Å². The van der Waals surface area contributed by atoms with Gasteiger partial charge in [0.05, 0.1) is 6.61 Å². The lowest BCUT2D eigenvalue weighted by Gasteiger charge is -2.28. The van der Waals surface area contributed by atoms with Gasteiger partial charge in [0, 0.05) is 24.0 Å². The Morgan fingerprint density at radius 3 is 3.00 bits per heavy atom. The lowest BCUT2D eigenvalue weighted by molar-refractivity contribution is -0.143. The van der Waals surface area contributed by atoms with Crippen molar-refractivity contribution in [2.75, 3.05) is 26.7 Å². The number of amides is 2. The highest BCUT2D eigenvalue weighted by Gasteiger charge is 2.30. The number of likely N-dealkylation sites (N-methyl/N-ethyl adjacent to an activating group) is 1. The molecule has 2 aliphatic heterocycles. The van der Waals surface area contributed by atoms with Crippen LogP contribution in [0.4, 0.5) is 4.79 Å². The molecule has 0 aromatic heterocycles. The molecule has 2 heterocycles.